The van der Waals surface area contributed by atoms with Gasteiger partial charge >= 0.3 is 5.97 Å². The maximum atomic E-state index is 13.2. The summed E-state index contributed by atoms with van der Waals surface area (Å²) in [6.07, 6.45) is 1.74. The van der Waals surface area contributed by atoms with Gasteiger partial charge in [-0.05, 0) is 24.3 Å². The summed E-state index contributed by atoms with van der Waals surface area (Å²) in [4.78, 5) is 25.2. The SMILES string of the molecule is O=Cc1cc(F)cc(OCc2ccc(C(=O)O)cn2)c1. The minimum atomic E-state index is -1.06. The van der Waals surface area contributed by atoms with Crippen molar-refractivity contribution in [3.8, 4) is 5.75 Å². The lowest BCUT2D eigenvalue weighted by Crippen LogP contribution is -2.02. The van der Waals surface area contributed by atoms with Crippen LogP contribution in [0.5, 0.6) is 5.75 Å². The van der Waals surface area contributed by atoms with Crippen LogP contribution in [0.25, 0.3) is 0 Å². The van der Waals surface area contributed by atoms with E-state index < -0.39 is 11.8 Å². The molecule has 1 aromatic carbocycles. The van der Waals surface area contributed by atoms with Crippen molar-refractivity contribution in [2.75, 3.05) is 0 Å². The normalized spacial score (nSPS) is 10.1. The van der Waals surface area contributed by atoms with Gasteiger partial charge in [-0.15, -0.1) is 0 Å². The molecule has 1 aromatic heterocycles. The molecule has 0 bridgehead atoms. The van der Waals surface area contributed by atoms with Crippen molar-refractivity contribution in [3.05, 3.63) is 59.2 Å². The highest BCUT2D eigenvalue weighted by atomic mass is 19.1. The third kappa shape index (κ3) is 3.38. The lowest BCUT2D eigenvalue weighted by Gasteiger charge is -2.06. The number of ether oxygens (including phenoxy) is 1. The Bertz CT molecular complexity index is 640. The molecule has 0 spiro atoms. The number of carboxylic acids is 1. The van der Waals surface area contributed by atoms with Crippen LogP contribution in [0.3, 0.4) is 0 Å². The number of carboxylic acid groups (broad SMARTS) is 1. The van der Waals surface area contributed by atoms with Crippen molar-refractivity contribution < 1.29 is 23.8 Å². The van der Waals surface area contributed by atoms with Crippen molar-refractivity contribution >= 4 is 12.3 Å². The largest absolute Gasteiger partial charge is 0.487 e. The zero-order valence-electron chi connectivity index (χ0n) is 10.2. The maximum Gasteiger partial charge on any atom is 0.337 e. The average Bonchev–Trinajstić information content (AvgIpc) is 2.45. The highest BCUT2D eigenvalue weighted by molar-refractivity contribution is 5.87. The van der Waals surface area contributed by atoms with Gasteiger partial charge in [0.15, 0.2) is 0 Å². The molecule has 1 N–H and O–H groups in total. The van der Waals surface area contributed by atoms with Crippen molar-refractivity contribution in [1.29, 1.82) is 0 Å². The van der Waals surface area contributed by atoms with Crippen LogP contribution in [0.2, 0.25) is 0 Å². The summed E-state index contributed by atoms with van der Waals surface area (Å²) >= 11 is 0. The van der Waals surface area contributed by atoms with Gasteiger partial charge in [0.1, 0.15) is 24.5 Å². The van der Waals surface area contributed by atoms with Gasteiger partial charge in [0.2, 0.25) is 0 Å². The molecule has 0 saturated heterocycles. The lowest BCUT2D eigenvalue weighted by atomic mass is 10.2. The summed E-state index contributed by atoms with van der Waals surface area (Å²) in [7, 11) is 0. The number of aromatic nitrogens is 1. The Morgan fingerprint density at radius 3 is 2.75 bits per heavy atom. The first-order valence-electron chi connectivity index (χ1n) is 5.65. The van der Waals surface area contributed by atoms with Crippen LogP contribution >= 0.6 is 0 Å². The number of hydrogen-bond donors (Lipinski definition) is 1. The molecular formula is C14H10FNO4. The fraction of sp³-hybridized carbons (Fsp3) is 0.0714. The van der Waals surface area contributed by atoms with E-state index in [9.17, 15) is 14.0 Å². The van der Waals surface area contributed by atoms with E-state index in [4.69, 9.17) is 9.84 Å². The van der Waals surface area contributed by atoms with Gasteiger partial charge in [0, 0.05) is 17.8 Å². The Hall–Kier alpha value is -2.76. The first kappa shape index (κ1) is 13.7. The second kappa shape index (κ2) is 5.92. The van der Waals surface area contributed by atoms with E-state index in [1.807, 2.05) is 0 Å². The number of halogens is 1. The molecule has 0 saturated carbocycles. The van der Waals surface area contributed by atoms with Crippen LogP contribution < -0.4 is 4.74 Å². The molecular weight excluding hydrogens is 265 g/mol. The van der Waals surface area contributed by atoms with Crippen LogP contribution in [0.1, 0.15) is 26.4 Å². The Balaban J connectivity index is 2.06. The second-order valence-corrected chi connectivity index (χ2v) is 3.97. The highest BCUT2D eigenvalue weighted by Crippen LogP contribution is 2.16. The summed E-state index contributed by atoms with van der Waals surface area (Å²) in [6, 6.07) is 6.56. The number of aldehydes is 1. The zero-order chi connectivity index (χ0) is 14.5. The average molecular weight is 275 g/mol. The van der Waals surface area contributed by atoms with Crippen LogP contribution in [-0.4, -0.2) is 22.3 Å². The topological polar surface area (TPSA) is 76.5 Å². The summed E-state index contributed by atoms with van der Waals surface area (Å²) < 4.78 is 18.5. The number of hydrogen-bond acceptors (Lipinski definition) is 4. The predicted octanol–water partition coefficient (Wildman–Crippen LogP) is 2.31. The number of rotatable bonds is 5. The number of carbonyl (C=O) groups excluding carboxylic acids is 1. The number of pyridine rings is 1. The number of carbonyl (C=O) groups is 2. The quantitative estimate of drug-likeness (QED) is 0.847. The van der Waals surface area contributed by atoms with Gasteiger partial charge < -0.3 is 9.84 Å². The Morgan fingerprint density at radius 2 is 2.15 bits per heavy atom. The molecule has 0 atom stereocenters. The second-order valence-electron chi connectivity index (χ2n) is 3.97. The molecule has 0 fully saturated rings. The van der Waals surface area contributed by atoms with E-state index in [0.29, 0.717) is 12.0 Å². The Labute approximate surface area is 113 Å². The molecule has 102 valence electrons. The summed E-state index contributed by atoms with van der Waals surface area (Å²) in [5, 5.41) is 8.73. The van der Waals surface area contributed by atoms with Gasteiger partial charge in [-0.2, -0.15) is 0 Å². The molecule has 20 heavy (non-hydrogen) atoms. The molecule has 5 nitrogen and oxygen atoms in total. The zero-order valence-corrected chi connectivity index (χ0v) is 10.2. The van der Waals surface area contributed by atoms with Crippen molar-refractivity contribution in [2.24, 2.45) is 0 Å². The third-order valence-corrected chi connectivity index (χ3v) is 2.49. The third-order valence-electron chi connectivity index (χ3n) is 2.49. The molecule has 1 heterocycles. The molecule has 0 aliphatic rings. The first-order valence-corrected chi connectivity index (χ1v) is 5.65. The van der Waals surface area contributed by atoms with Gasteiger partial charge in [0.05, 0.1) is 11.3 Å². The predicted molar refractivity (Wildman–Crippen MR) is 67.3 cm³/mol. The van der Waals surface area contributed by atoms with E-state index in [1.54, 1.807) is 0 Å². The van der Waals surface area contributed by atoms with Gasteiger partial charge in [-0.1, -0.05) is 0 Å². The minimum Gasteiger partial charge on any atom is -0.487 e. The first-order chi connectivity index (χ1) is 9.58. The lowest BCUT2D eigenvalue weighted by molar-refractivity contribution is 0.0696. The molecule has 6 heteroatoms. The number of aromatic carboxylic acids is 1. The molecule has 0 aliphatic carbocycles. The van der Waals surface area contributed by atoms with Crippen molar-refractivity contribution in [1.82, 2.24) is 4.98 Å². The van der Waals surface area contributed by atoms with Crippen molar-refractivity contribution in [3.63, 3.8) is 0 Å². The molecule has 0 amide bonds. The van der Waals surface area contributed by atoms with E-state index in [-0.39, 0.29) is 23.5 Å². The summed E-state index contributed by atoms with van der Waals surface area (Å²) in [5.41, 5.74) is 0.740. The Kier molecular flexibility index (Phi) is 4.05. The van der Waals surface area contributed by atoms with E-state index in [2.05, 4.69) is 4.98 Å². The highest BCUT2D eigenvalue weighted by Gasteiger charge is 2.05. The molecule has 0 unspecified atom stereocenters. The van der Waals surface area contributed by atoms with E-state index >= 15 is 0 Å². The molecule has 2 aromatic rings. The number of nitrogens with zero attached hydrogens (tertiary/aromatic N) is 1. The monoisotopic (exact) mass is 275 g/mol. The van der Waals surface area contributed by atoms with Crippen LogP contribution in [0.15, 0.2) is 36.5 Å². The van der Waals surface area contributed by atoms with Crippen LogP contribution in [-0.2, 0) is 6.61 Å². The van der Waals surface area contributed by atoms with Gasteiger partial charge in [-0.25, -0.2) is 9.18 Å². The Morgan fingerprint density at radius 1 is 1.35 bits per heavy atom. The van der Waals surface area contributed by atoms with Gasteiger partial charge in [0.25, 0.3) is 0 Å². The van der Waals surface area contributed by atoms with Crippen LogP contribution in [0.4, 0.5) is 4.39 Å². The van der Waals surface area contributed by atoms with Gasteiger partial charge in [-0.3, -0.25) is 9.78 Å². The minimum absolute atomic E-state index is 0.0433. The van der Waals surface area contributed by atoms with Crippen molar-refractivity contribution in [2.45, 2.75) is 6.61 Å². The van der Waals surface area contributed by atoms with E-state index in [0.717, 1.165) is 12.1 Å². The maximum absolute atomic E-state index is 13.2. The molecule has 0 aliphatic heterocycles. The van der Waals surface area contributed by atoms with Crippen LogP contribution in [0, 0.1) is 5.82 Å². The summed E-state index contributed by atoms with van der Waals surface area (Å²) in [6.45, 7) is 0.0433. The van der Waals surface area contributed by atoms with E-state index in [1.165, 1.54) is 24.4 Å². The fourth-order valence-corrected chi connectivity index (χ4v) is 1.53. The number of benzene rings is 1. The fourth-order valence-electron chi connectivity index (χ4n) is 1.53. The molecule has 0 radical (unpaired) electrons. The summed E-state index contributed by atoms with van der Waals surface area (Å²) in [5.74, 6) is -1.43. The standard InChI is InChI=1S/C14H10FNO4/c15-11-3-9(7-17)4-13(5-11)20-8-12-2-1-10(6-16-12)14(18)19/h1-7H,8H2,(H,18,19). The smallest absolute Gasteiger partial charge is 0.337 e. The molecule has 2 rings (SSSR count).